The van der Waals surface area contributed by atoms with Gasteiger partial charge in [0, 0.05) is 18.2 Å². The number of phenolic OH excluding ortho intramolecular Hbond substituents is 1. The summed E-state index contributed by atoms with van der Waals surface area (Å²) in [6.45, 7) is 4.70. The van der Waals surface area contributed by atoms with E-state index in [4.69, 9.17) is 5.73 Å². The van der Waals surface area contributed by atoms with Gasteiger partial charge in [-0.1, -0.05) is 0 Å². The molecule has 1 amide bonds. The summed E-state index contributed by atoms with van der Waals surface area (Å²) in [6, 6.07) is 4.95. The summed E-state index contributed by atoms with van der Waals surface area (Å²) in [5.74, 6) is 0.0427. The zero-order valence-electron chi connectivity index (χ0n) is 10.0. The summed E-state index contributed by atoms with van der Waals surface area (Å²) in [7, 11) is 0. The fourth-order valence-corrected chi connectivity index (χ4v) is 1.93. The molecule has 0 saturated carbocycles. The largest absolute Gasteiger partial charge is 0.508 e. The second-order valence-electron chi connectivity index (χ2n) is 4.85. The van der Waals surface area contributed by atoms with Gasteiger partial charge in [-0.2, -0.15) is 0 Å². The second-order valence-corrected chi connectivity index (χ2v) is 4.85. The number of benzene rings is 1. The lowest BCUT2D eigenvalue weighted by Gasteiger charge is -2.42. The van der Waals surface area contributed by atoms with Gasteiger partial charge < -0.3 is 21.1 Å². The average Bonchev–Trinajstić information content (AvgIpc) is 2.27. The molecule has 17 heavy (non-hydrogen) atoms. The maximum atomic E-state index is 11.6. The van der Waals surface area contributed by atoms with E-state index >= 15 is 0 Å². The topological polar surface area (TPSA) is 78.6 Å². The molecule has 1 heterocycles. The maximum Gasteiger partial charge on any atom is 0.243 e. The zero-order chi connectivity index (χ0) is 12.6. The number of phenols is 1. The van der Waals surface area contributed by atoms with Crippen molar-refractivity contribution in [2.45, 2.75) is 19.4 Å². The number of aromatic hydroxyl groups is 1. The van der Waals surface area contributed by atoms with Gasteiger partial charge in [-0.25, -0.2) is 0 Å². The number of carbonyl (C=O) groups is 1. The first-order valence-electron chi connectivity index (χ1n) is 5.54. The Morgan fingerprint density at radius 1 is 1.53 bits per heavy atom. The van der Waals surface area contributed by atoms with E-state index in [1.165, 1.54) is 0 Å². The number of anilines is 2. The van der Waals surface area contributed by atoms with Crippen LogP contribution in [0.1, 0.15) is 13.8 Å². The lowest BCUT2D eigenvalue weighted by Crippen LogP contribution is -2.54. The zero-order valence-corrected chi connectivity index (χ0v) is 10.0. The molecule has 5 heteroatoms. The number of fused-ring (bicyclic) bond motifs is 1. The Morgan fingerprint density at radius 2 is 2.24 bits per heavy atom. The van der Waals surface area contributed by atoms with E-state index < -0.39 is 0 Å². The van der Waals surface area contributed by atoms with E-state index in [9.17, 15) is 9.90 Å². The smallest absolute Gasteiger partial charge is 0.243 e. The van der Waals surface area contributed by atoms with E-state index in [1.54, 1.807) is 18.2 Å². The molecule has 0 aromatic heterocycles. The standard InChI is InChI=1S/C12H17N3O2/c1-12(2,7-13)15-6-11(17)14-9-5-8(16)3-4-10(9)15/h3-5,16H,6-7,13H2,1-2H3,(H,14,17). The van der Waals surface area contributed by atoms with Gasteiger partial charge in [-0.3, -0.25) is 4.79 Å². The van der Waals surface area contributed by atoms with Crippen molar-refractivity contribution in [3.63, 3.8) is 0 Å². The van der Waals surface area contributed by atoms with Crippen LogP contribution in [-0.2, 0) is 4.79 Å². The van der Waals surface area contributed by atoms with Crippen LogP contribution < -0.4 is 16.0 Å². The monoisotopic (exact) mass is 235 g/mol. The number of nitrogens with zero attached hydrogens (tertiary/aromatic N) is 1. The van der Waals surface area contributed by atoms with Crippen molar-refractivity contribution in [3.05, 3.63) is 18.2 Å². The summed E-state index contributed by atoms with van der Waals surface area (Å²) in [6.07, 6.45) is 0. The highest BCUT2D eigenvalue weighted by Crippen LogP contribution is 2.36. The van der Waals surface area contributed by atoms with Gasteiger partial charge in [0.2, 0.25) is 5.91 Å². The van der Waals surface area contributed by atoms with Gasteiger partial charge in [0.05, 0.1) is 17.9 Å². The maximum absolute atomic E-state index is 11.6. The number of nitrogens with one attached hydrogen (secondary N) is 1. The molecule has 2 rings (SSSR count). The third-order valence-corrected chi connectivity index (χ3v) is 3.08. The van der Waals surface area contributed by atoms with Crippen LogP contribution in [0.15, 0.2) is 18.2 Å². The third-order valence-electron chi connectivity index (χ3n) is 3.08. The Morgan fingerprint density at radius 3 is 2.88 bits per heavy atom. The molecule has 1 aromatic carbocycles. The fraction of sp³-hybridized carbons (Fsp3) is 0.417. The van der Waals surface area contributed by atoms with Gasteiger partial charge in [0.25, 0.3) is 0 Å². The number of nitrogens with two attached hydrogens (primary N) is 1. The highest BCUT2D eigenvalue weighted by atomic mass is 16.3. The van der Waals surface area contributed by atoms with Crippen molar-refractivity contribution in [2.24, 2.45) is 5.73 Å². The van der Waals surface area contributed by atoms with E-state index in [1.807, 2.05) is 18.7 Å². The summed E-state index contributed by atoms with van der Waals surface area (Å²) in [5.41, 5.74) is 6.96. The van der Waals surface area contributed by atoms with Crippen molar-refractivity contribution in [2.75, 3.05) is 23.3 Å². The molecule has 0 unspecified atom stereocenters. The number of carbonyl (C=O) groups excluding carboxylic acids is 1. The van der Waals surface area contributed by atoms with Crippen LogP contribution in [0.3, 0.4) is 0 Å². The van der Waals surface area contributed by atoms with Crippen molar-refractivity contribution in [1.82, 2.24) is 0 Å². The number of rotatable bonds is 2. The Hall–Kier alpha value is -1.75. The molecule has 1 aliphatic rings. The normalized spacial score (nSPS) is 15.5. The van der Waals surface area contributed by atoms with Crippen LogP contribution in [0.5, 0.6) is 5.75 Å². The first-order chi connectivity index (χ1) is 7.94. The molecule has 0 saturated heterocycles. The summed E-state index contributed by atoms with van der Waals surface area (Å²) in [4.78, 5) is 13.6. The van der Waals surface area contributed by atoms with Gasteiger partial charge >= 0.3 is 0 Å². The molecule has 0 radical (unpaired) electrons. The molecule has 0 aliphatic carbocycles. The lowest BCUT2D eigenvalue weighted by molar-refractivity contribution is -0.115. The molecule has 0 fully saturated rings. The minimum absolute atomic E-state index is 0.0929. The Labute approximate surface area is 100 Å². The van der Waals surface area contributed by atoms with Crippen molar-refractivity contribution >= 4 is 17.3 Å². The van der Waals surface area contributed by atoms with Crippen molar-refractivity contribution < 1.29 is 9.90 Å². The molecular weight excluding hydrogens is 218 g/mol. The van der Waals surface area contributed by atoms with Crippen LogP contribution in [0.4, 0.5) is 11.4 Å². The molecule has 5 nitrogen and oxygen atoms in total. The second kappa shape index (κ2) is 3.92. The Balaban J connectivity index is 2.48. The van der Waals surface area contributed by atoms with Gasteiger partial charge in [-0.05, 0) is 26.0 Å². The number of amides is 1. The Kier molecular flexibility index (Phi) is 2.71. The van der Waals surface area contributed by atoms with Gasteiger partial charge in [0.1, 0.15) is 5.75 Å². The van der Waals surface area contributed by atoms with Gasteiger partial charge in [0.15, 0.2) is 0 Å². The average molecular weight is 235 g/mol. The Bertz CT molecular complexity index is 457. The quantitative estimate of drug-likeness (QED) is 0.711. The molecule has 0 bridgehead atoms. The molecule has 0 spiro atoms. The third kappa shape index (κ3) is 2.06. The lowest BCUT2D eigenvalue weighted by atomic mass is 10.00. The van der Waals surface area contributed by atoms with Crippen LogP contribution in [0, 0.1) is 0 Å². The van der Waals surface area contributed by atoms with Crippen molar-refractivity contribution in [1.29, 1.82) is 0 Å². The molecule has 1 aliphatic heterocycles. The predicted octanol–water partition coefficient (Wildman–Crippen LogP) is 0.888. The van der Waals surface area contributed by atoms with Crippen LogP contribution >= 0.6 is 0 Å². The van der Waals surface area contributed by atoms with Crippen molar-refractivity contribution in [3.8, 4) is 5.75 Å². The molecule has 1 aromatic rings. The summed E-state index contributed by atoms with van der Waals surface area (Å²) in [5, 5.41) is 12.2. The van der Waals surface area contributed by atoms with Crippen LogP contribution in [0.2, 0.25) is 0 Å². The van der Waals surface area contributed by atoms with Gasteiger partial charge in [-0.15, -0.1) is 0 Å². The first-order valence-corrected chi connectivity index (χ1v) is 5.54. The highest BCUT2D eigenvalue weighted by molar-refractivity contribution is 6.01. The molecule has 4 N–H and O–H groups in total. The molecular formula is C12H17N3O2. The minimum Gasteiger partial charge on any atom is -0.508 e. The highest BCUT2D eigenvalue weighted by Gasteiger charge is 2.32. The minimum atomic E-state index is -0.302. The van der Waals surface area contributed by atoms with Crippen LogP contribution in [-0.4, -0.2) is 29.6 Å². The summed E-state index contributed by atoms with van der Waals surface area (Å²) < 4.78 is 0. The first kappa shape index (κ1) is 11.7. The van der Waals surface area contributed by atoms with E-state index in [0.29, 0.717) is 12.2 Å². The molecule has 92 valence electrons. The number of hydrogen-bond acceptors (Lipinski definition) is 4. The van der Waals surface area contributed by atoms with E-state index in [0.717, 1.165) is 5.69 Å². The summed E-state index contributed by atoms with van der Waals surface area (Å²) >= 11 is 0. The fourth-order valence-electron chi connectivity index (χ4n) is 1.93. The predicted molar refractivity (Wildman–Crippen MR) is 67.2 cm³/mol. The van der Waals surface area contributed by atoms with Crippen LogP contribution in [0.25, 0.3) is 0 Å². The number of hydrogen-bond donors (Lipinski definition) is 3. The van der Waals surface area contributed by atoms with E-state index in [-0.39, 0.29) is 23.7 Å². The van der Waals surface area contributed by atoms with E-state index in [2.05, 4.69) is 5.32 Å². The SMILES string of the molecule is CC(C)(CN)N1CC(=O)Nc2cc(O)ccc21. The molecule has 0 atom stereocenters.